The average molecular weight is 496 g/mol. The zero-order valence-corrected chi connectivity index (χ0v) is 23.2. The molecule has 1 aliphatic heterocycles. The van der Waals surface area contributed by atoms with E-state index < -0.39 is 0 Å². The van der Waals surface area contributed by atoms with Gasteiger partial charge in [-0.15, -0.1) is 11.3 Å². The van der Waals surface area contributed by atoms with Gasteiger partial charge in [0.15, 0.2) is 5.43 Å². The van der Waals surface area contributed by atoms with Crippen LogP contribution in [-0.4, -0.2) is 16.2 Å². The molecule has 0 bridgehead atoms. The van der Waals surface area contributed by atoms with E-state index in [1.54, 1.807) is 11.3 Å². The van der Waals surface area contributed by atoms with Crippen LogP contribution in [0.25, 0.3) is 20.8 Å². The van der Waals surface area contributed by atoms with Gasteiger partial charge in [-0.25, -0.2) is 4.98 Å². The van der Waals surface area contributed by atoms with E-state index in [9.17, 15) is 9.90 Å². The predicted molar refractivity (Wildman–Crippen MR) is 152 cm³/mol. The largest absolute Gasteiger partial charge is 0.393 e. The van der Waals surface area contributed by atoms with Crippen LogP contribution in [0.5, 0.6) is 0 Å². The van der Waals surface area contributed by atoms with Crippen molar-refractivity contribution in [1.82, 2.24) is 4.98 Å². The number of benzene rings is 2. The number of hydrogen-bond acceptors (Lipinski definition) is 4. The van der Waals surface area contributed by atoms with Crippen molar-refractivity contribution >= 4 is 21.6 Å². The summed E-state index contributed by atoms with van der Waals surface area (Å²) < 4.78 is 1.10. The predicted octanol–water partition coefficient (Wildman–Crippen LogP) is 8.62. The highest BCUT2D eigenvalue weighted by atomic mass is 32.1. The van der Waals surface area contributed by atoms with Gasteiger partial charge in [-0.05, 0) is 56.7 Å². The Morgan fingerprint density at radius 2 is 1.43 bits per heavy atom. The zero-order valence-electron chi connectivity index (χ0n) is 22.4. The van der Waals surface area contributed by atoms with Crippen LogP contribution in [0.2, 0.25) is 0 Å². The summed E-state index contributed by atoms with van der Waals surface area (Å²) in [6.07, 6.45) is 14.8. The molecular weight excluding hydrogens is 450 g/mol. The zero-order chi connectivity index (χ0) is 25.2. The van der Waals surface area contributed by atoms with E-state index in [4.69, 9.17) is 4.98 Å². The summed E-state index contributed by atoms with van der Waals surface area (Å²) in [6, 6.07) is 8.12. The number of nitrogens with zero attached hydrogens (tertiary/aromatic N) is 1. The Morgan fingerprint density at radius 3 is 2.09 bits per heavy atom. The summed E-state index contributed by atoms with van der Waals surface area (Å²) in [4.78, 5) is 19.0. The summed E-state index contributed by atoms with van der Waals surface area (Å²) in [7, 11) is 0. The van der Waals surface area contributed by atoms with Crippen molar-refractivity contribution < 1.29 is 5.11 Å². The van der Waals surface area contributed by atoms with E-state index in [-0.39, 0.29) is 11.5 Å². The Labute approximate surface area is 216 Å². The molecule has 35 heavy (non-hydrogen) atoms. The summed E-state index contributed by atoms with van der Waals surface area (Å²) in [5, 5.41) is 10.6. The lowest BCUT2D eigenvalue weighted by molar-refractivity contribution is 0.151. The standard InChI is InChI=1S/C31H45NO2S/c1-22(2)16-12-10-8-6-5-7-9-11-13-17-25(33)20-21-26-30(34)24(4)23(3)29-31(26)35-28-19-15-14-18-27(28)32-29/h14-15,18-19,22,25,33H,5-13,16-17,20-21H2,1-4H3/t25-/m1/s1. The Kier molecular flexibility index (Phi) is 11.2. The normalized spacial score (nSPS) is 12.7. The van der Waals surface area contributed by atoms with Gasteiger partial charge in [0, 0.05) is 11.1 Å². The Balaban J connectivity index is 1.43. The van der Waals surface area contributed by atoms with Gasteiger partial charge in [0.05, 0.1) is 26.9 Å². The number of aromatic nitrogens is 1. The molecule has 0 fully saturated rings. The van der Waals surface area contributed by atoms with E-state index in [1.165, 1.54) is 57.8 Å². The Bertz CT molecular complexity index is 1090. The van der Waals surface area contributed by atoms with Crippen molar-refractivity contribution in [2.24, 2.45) is 5.92 Å². The van der Waals surface area contributed by atoms with Crippen molar-refractivity contribution in [2.45, 2.75) is 117 Å². The molecule has 0 saturated carbocycles. The smallest absolute Gasteiger partial charge is 0.186 e. The third-order valence-electron chi connectivity index (χ3n) is 7.38. The quantitative estimate of drug-likeness (QED) is 0.170. The average Bonchev–Trinajstić information content (AvgIpc) is 2.84. The monoisotopic (exact) mass is 495 g/mol. The molecule has 3 rings (SSSR count). The van der Waals surface area contributed by atoms with E-state index in [2.05, 4.69) is 19.9 Å². The lowest BCUT2D eigenvalue weighted by Gasteiger charge is -2.17. The maximum atomic E-state index is 13.1. The van der Waals surface area contributed by atoms with E-state index in [0.717, 1.165) is 56.2 Å². The number of aliphatic hydroxyl groups is 1. The van der Waals surface area contributed by atoms with Gasteiger partial charge in [0.25, 0.3) is 0 Å². The molecule has 2 aliphatic rings. The number of hydrogen-bond donors (Lipinski definition) is 1. The Hall–Kier alpha value is -1.78. The van der Waals surface area contributed by atoms with Crippen LogP contribution in [0.15, 0.2) is 29.1 Å². The SMILES string of the molecule is Cc1c2nc3ccccc3sc-2c(CC[C@H](O)CCCCCCCCCCCC(C)C)c(=O)c1C. The lowest BCUT2D eigenvalue weighted by atomic mass is 9.95. The minimum absolute atomic E-state index is 0.125. The molecule has 1 N–H and O–H groups in total. The molecule has 0 unspecified atom stereocenters. The molecule has 0 amide bonds. The minimum atomic E-state index is -0.342. The van der Waals surface area contributed by atoms with Crippen LogP contribution in [-0.2, 0) is 6.42 Å². The van der Waals surface area contributed by atoms with Gasteiger partial charge in [-0.3, -0.25) is 4.79 Å². The first-order chi connectivity index (χ1) is 16.9. The van der Waals surface area contributed by atoms with Gasteiger partial charge in [0.1, 0.15) is 0 Å². The second-order valence-electron chi connectivity index (χ2n) is 10.8. The van der Waals surface area contributed by atoms with Crippen LogP contribution in [0.1, 0.15) is 108 Å². The fourth-order valence-corrected chi connectivity index (χ4v) is 6.15. The van der Waals surface area contributed by atoms with Crippen LogP contribution in [0.4, 0.5) is 0 Å². The molecule has 4 heteroatoms. The van der Waals surface area contributed by atoms with Crippen molar-refractivity contribution in [3.05, 3.63) is 51.2 Å². The highest BCUT2D eigenvalue weighted by Crippen LogP contribution is 2.36. The van der Waals surface area contributed by atoms with Crippen LogP contribution in [0, 0.1) is 19.8 Å². The summed E-state index contributed by atoms with van der Waals surface area (Å²) in [5.41, 5.74) is 4.64. The maximum Gasteiger partial charge on any atom is 0.186 e. The maximum absolute atomic E-state index is 13.1. The first-order valence-electron chi connectivity index (χ1n) is 13.9. The van der Waals surface area contributed by atoms with Gasteiger partial charge in [0.2, 0.25) is 0 Å². The fourth-order valence-electron chi connectivity index (χ4n) is 4.95. The van der Waals surface area contributed by atoms with Crippen LogP contribution >= 0.6 is 11.3 Å². The highest BCUT2D eigenvalue weighted by molar-refractivity contribution is 7.21. The summed E-state index contributed by atoms with van der Waals surface area (Å²) in [5.74, 6) is 0.839. The number of fused-ring (bicyclic) bond motifs is 2. The van der Waals surface area contributed by atoms with E-state index >= 15 is 0 Å². The third-order valence-corrected chi connectivity index (χ3v) is 8.59. The van der Waals surface area contributed by atoms with Crippen molar-refractivity contribution in [1.29, 1.82) is 0 Å². The summed E-state index contributed by atoms with van der Waals surface area (Å²) in [6.45, 7) is 8.52. The molecule has 1 aromatic rings. The van der Waals surface area contributed by atoms with Crippen molar-refractivity contribution in [3.8, 4) is 10.6 Å². The summed E-state index contributed by atoms with van der Waals surface area (Å²) >= 11 is 1.66. The van der Waals surface area contributed by atoms with E-state index in [0.29, 0.717) is 12.8 Å². The minimum Gasteiger partial charge on any atom is -0.393 e. The van der Waals surface area contributed by atoms with Crippen molar-refractivity contribution in [3.63, 3.8) is 0 Å². The first-order valence-corrected chi connectivity index (χ1v) is 14.7. The molecule has 1 heterocycles. The molecular formula is C31H45NO2S. The number of unbranched alkanes of at least 4 members (excludes halogenated alkanes) is 8. The van der Waals surface area contributed by atoms with Gasteiger partial charge in [-0.2, -0.15) is 0 Å². The molecule has 1 aromatic carbocycles. The molecule has 1 atom stereocenters. The second-order valence-corrected chi connectivity index (χ2v) is 11.8. The third kappa shape index (κ3) is 8.11. The molecule has 0 saturated heterocycles. The molecule has 0 aromatic heterocycles. The van der Waals surface area contributed by atoms with Crippen LogP contribution < -0.4 is 5.43 Å². The topological polar surface area (TPSA) is 50.2 Å². The van der Waals surface area contributed by atoms with Gasteiger partial charge in [-0.1, -0.05) is 90.2 Å². The Morgan fingerprint density at radius 1 is 0.829 bits per heavy atom. The molecule has 0 spiro atoms. The number of para-hydroxylation sites is 1. The molecule has 3 nitrogen and oxygen atoms in total. The second kappa shape index (κ2) is 14.1. The lowest BCUT2D eigenvalue weighted by Crippen LogP contribution is -2.19. The van der Waals surface area contributed by atoms with E-state index in [1.807, 2.05) is 32.0 Å². The van der Waals surface area contributed by atoms with Gasteiger partial charge < -0.3 is 5.11 Å². The number of aliphatic hydroxyl groups excluding tert-OH is 1. The molecule has 1 aliphatic carbocycles. The van der Waals surface area contributed by atoms with Crippen molar-refractivity contribution in [2.75, 3.05) is 0 Å². The highest BCUT2D eigenvalue weighted by Gasteiger charge is 2.21. The van der Waals surface area contributed by atoms with Crippen LogP contribution in [0.3, 0.4) is 0 Å². The number of rotatable bonds is 15. The fraction of sp³-hybridized carbons (Fsp3) is 0.613. The molecule has 0 radical (unpaired) electrons. The molecule has 192 valence electrons. The first kappa shape index (κ1) is 27.8. The van der Waals surface area contributed by atoms with Gasteiger partial charge >= 0.3 is 0 Å².